The second-order valence-electron chi connectivity index (χ2n) is 9.05. The van der Waals surface area contributed by atoms with Gasteiger partial charge in [-0.1, -0.05) is 36.0 Å². The molecule has 11 heteroatoms. The molecule has 3 N–H and O–H groups in total. The molecule has 4 aromatic rings. The molecule has 7 nitrogen and oxygen atoms in total. The van der Waals surface area contributed by atoms with E-state index in [2.05, 4.69) is 32.1 Å². The number of thiazole rings is 1. The quantitative estimate of drug-likeness (QED) is 0.286. The second-order valence-corrected chi connectivity index (χ2v) is 10.1. The van der Waals surface area contributed by atoms with Crippen molar-refractivity contribution >= 4 is 32.6 Å². The van der Waals surface area contributed by atoms with Gasteiger partial charge in [0.2, 0.25) is 11.8 Å². The van der Waals surface area contributed by atoms with Crippen molar-refractivity contribution in [3.8, 4) is 22.9 Å². The molecule has 1 unspecified atom stereocenters. The number of nitrogen functional groups attached to an aromatic ring is 1. The summed E-state index contributed by atoms with van der Waals surface area (Å²) in [4.78, 5) is 15.9. The van der Waals surface area contributed by atoms with Crippen LogP contribution in [-0.4, -0.2) is 45.5 Å². The first-order valence-corrected chi connectivity index (χ1v) is 13.0. The summed E-state index contributed by atoms with van der Waals surface area (Å²) in [6, 6.07) is 12.5. The number of rotatable bonds is 7. The first kappa shape index (κ1) is 25.2. The number of ether oxygens (including phenoxy) is 1. The summed E-state index contributed by atoms with van der Waals surface area (Å²) < 4.78 is 46.2. The number of nitrogens with one attached hydrogen (secondary N) is 1. The number of nitrogens with two attached hydrogens (primary N) is 1. The second kappa shape index (κ2) is 10.5. The smallest absolute Gasteiger partial charge is 0.416 e. The van der Waals surface area contributed by atoms with E-state index >= 15 is 0 Å². The number of hydrogen-bond acceptors (Lipinski definition) is 8. The molecule has 37 heavy (non-hydrogen) atoms. The van der Waals surface area contributed by atoms with Crippen LogP contribution >= 0.6 is 11.3 Å². The first-order chi connectivity index (χ1) is 17.8. The van der Waals surface area contributed by atoms with Crippen LogP contribution in [0.2, 0.25) is 0 Å². The standard InChI is InChI=1S/C26H27F3N6OS/c1-16-5-2-3-13-35(16)14-12-31-25-32-19(17-8-10-18(11-9-17)26(27,28)29)15-22(33-25)36-20-6-4-7-21-23(20)34-24(30)37-21/h4,6-11,15-16H,2-3,5,12-14H2,1H3,(H2,30,34)(H,31,32,33). The number of fused-ring (bicyclic) bond motifs is 1. The summed E-state index contributed by atoms with van der Waals surface area (Å²) in [6.07, 6.45) is -0.786. The van der Waals surface area contributed by atoms with Gasteiger partial charge >= 0.3 is 6.18 Å². The number of benzene rings is 2. The molecular formula is C26H27F3N6OS. The van der Waals surface area contributed by atoms with Crippen LogP contribution in [0.15, 0.2) is 48.5 Å². The van der Waals surface area contributed by atoms with Gasteiger partial charge in [0.1, 0.15) is 5.52 Å². The van der Waals surface area contributed by atoms with Crippen LogP contribution in [0.25, 0.3) is 21.5 Å². The van der Waals surface area contributed by atoms with Gasteiger partial charge < -0.3 is 15.8 Å². The summed E-state index contributed by atoms with van der Waals surface area (Å²) in [5.74, 6) is 1.07. The molecule has 5 rings (SSSR count). The van der Waals surface area contributed by atoms with Gasteiger partial charge in [0, 0.05) is 30.8 Å². The fourth-order valence-electron chi connectivity index (χ4n) is 4.47. The van der Waals surface area contributed by atoms with Gasteiger partial charge in [-0.2, -0.15) is 18.2 Å². The highest BCUT2D eigenvalue weighted by molar-refractivity contribution is 7.22. The number of nitrogens with zero attached hydrogens (tertiary/aromatic N) is 4. The lowest BCUT2D eigenvalue weighted by Crippen LogP contribution is -2.40. The molecule has 1 aliphatic heterocycles. The molecule has 194 valence electrons. The molecular weight excluding hydrogens is 501 g/mol. The van der Waals surface area contributed by atoms with E-state index in [0.29, 0.717) is 46.2 Å². The molecule has 0 radical (unpaired) electrons. The Morgan fingerprint density at radius 1 is 1.11 bits per heavy atom. The molecule has 0 amide bonds. The van der Waals surface area contributed by atoms with Crippen molar-refractivity contribution in [2.75, 3.05) is 30.7 Å². The first-order valence-electron chi connectivity index (χ1n) is 12.1. The van der Waals surface area contributed by atoms with E-state index in [4.69, 9.17) is 10.5 Å². The summed E-state index contributed by atoms with van der Waals surface area (Å²) in [5.41, 5.74) is 6.74. The van der Waals surface area contributed by atoms with Crippen LogP contribution in [0.3, 0.4) is 0 Å². The van der Waals surface area contributed by atoms with Gasteiger partial charge in [0.25, 0.3) is 0 Å². The number of hydrogen-bond donors (Lipinski definition) is 2. The molecule has 0 saturated carbocycles. The highest BCUT2D eigenvalue weighted by Crippen LogP contribution is 2.35. The van der Waals surface area contributed by atoms with Gasteiger partial charge in [-0.25, -0.2) is 9.97 Å². The third kappa shape index (κ3) is 5.94. The van der Waals surface area contributed by atoms with Crippen LogP contribution < -0.4 is 15.8 Å². The Kier molecular flexibility index (Phi) is 7.16. The van der Waals surface area contributed by atoms with Gasteiger partial charge in [0.05, 0.1) is 16.0 Å². The number of para-hydroxylation sites is 1. The predicted octanol–water partition coefficient (Wildman–Crippen LogP) is 6.43. The molecule has 2 aromatic heterocycles. The van der Waals surface area contributed by atoms with E-state index in [1.54, 1.807) is 12.1 Å². The van der Waals surface area contributed by atoms with Gasteiger partial charge in [-0.15, -0.1) is 0 Å². The molecule has 0 aliphatic carbocycles. The number of likely N-dealkylation sites (tertiary alicyclic amines) is 1. The van der Waals surface area contributed by atoms with Gasteiger partial charge in [-0.05, 0) is 50.6 Å². The Bertz CT molecular complexity index is 1380. The molecule has 1 saturated heterocycles. The highest BCUT2D eigenvalue weighted by Gasteiger charge is 2.30. The Morgan fingerprint density at radius 3 is 2.68 bits per heavy atom. The summed E-state index contributed by atoms with van der Waals surface area (Å²) in [5, 5.41) is 3.69. The lowest BCUT2D eigenvalue weighted by molar-refractivity contribution is -0.137. The maximum Gasteiger partial charge on any atom is 0.416 e. The van der Waals surface area contributed by atoms with Crippen molar-refractivity contribution in [2.24, 2.45) is 0 Å². The zero-order valence-electron chi connectivity index (χ0n) is 20.3. The minimum atomic E-state index is -4.41. The van der Waals surface area contributed by atoms with E-state index in [-0.39, 0.29) is 5.88 Å². The predicted molar refractivity (Wildman–Crippen MR) is 140 cm³/mol. The largest absolute Gasteiger partial charge is 0.437 e. The normalized spacial score (nSPS) is 16.7. The average Bonchev–Trinajstić information content (AvgIpc) is 3.26. The van der Waals surface area contributed by atoms with E-state index in [1.165, 1.54) is 42.7 Å². The average molecular weight is 529 g/mol. The molecule has 0 bridgehead atoms. The number of piperidine rings is 1. The Labute approximate surface area is 216 Å². The molecule has 3 heterocycles. The van der Waals surface area contributed by atoms with Crippen molar-refractivity contribution in [1.29, 1.82) is 0 Å². The van der Waals surface area contributed by atoms with E-state index < -0.39 is 11.7 Å². The van der Waals surface area contributed by atoms with Crippen LogP contribution in [0.5, 0.6) is 11.6 Å². The number of alkyl halides is 3. The fraction of sp³-hybridized carbons (Fsp3) is 0.346. The molecule has 2 aromatic carbocycles. The van der Waals surface area contributed by atoms with E-state index in [1.807, 2.05) is 12.1 Å². The SMILES string of the molecule is CC1CCCCN1CCNc1nc(Oc2cccc3sc(N)nc23)cc(-c2ccc(C(F)(F)F)cc2)n1. The zero-order valence-corrected chi connectivity index (χ0v) is 21.1. The third-order valence-electron chi connectivity index (χ3n) is 6.45. The molecule has 1 atom stereocenters. The topological polar surface area (TPSA) is 89.2 Å². The van der Waals surface area contributed by atoms with Crippen molar-refractivity contribution in [3.63, 3.8) is 0 Å². The van der Waals surface area contributed by atoms with Crippen molar-refractivity contribution in [1.82, 2.24) is 19.9 Å². The Morgan fingerprint density at radius 2 is 1.92 bits per heavy atom. The minimum Gasteiger partial charge on any atom is -0.437 e. The van der Waals surface area contributed by atoms with Crippen molar-refractivity contribution in [3.05, 3.63) is 54.1 Å². The summed E-state index contributed by atoms with van der Waals surface area (Å²) >= 11 is 1.35. The molecule has 0 spiro atoms. The highest BCUT2D eigenvalue weighted by atomic mass is 32.1. The van der Waals surface area contributed by atoms with Crippen LogP contribution in [-0.2, 0) is 6.18 Å². The minimum absolute atomic E-state index is 0.248. The molecule has 1 fully saturated rings. The van der Waals surface area contributed by atoms with Gasteiger partial charge in [-0.3, -0.25) is 4.90 Å². The Balaban J connectivity index is 1.43. The van der Waals surface area contributed by atoms with Crippen LogP contribution in [0.1, 0.15) is 31.7 Å². The van der Waals surface area contributed by atoms with Crippen molar-refractivity contribution in [2.45, 2.75) is 38.4 Å². The number of aromatic nitrogens is 3. The van der Waals surface area contributed by atoms with E-state index in [0.717, 1.165) is 29.9 Å². The third-order valence-corrected chi connectivity index (χ3v) is 7.30. The van der Waals surface area contributed by atoms with Gasteiger partial charge in [0.15, 0.2) is 10.9 Å². The summed E-state index contributed by atoms with van der Waals surface area (Å²) in [7, 11) is 0. The lowest BCUT2D eigenvalue weighted by Gasteiger charge is -2.33. The maximum absolute atomic E-state index is 13.1. The zero-order chi connectivity index (χ0) is 26.0. The molecule has 1 aliphatic rings. The monoisotopic (exact) mass is 528 g/mol. The van der Waals surface area contributed by atoms with Crippen molar-refractivity contribution < 1.29 is 17.9 Å². The van der Waals surface area contributed by atoms with Crippen LogP contribution in [0, 0.1) is 0 Å². The fourth-order valence-corrected chi connectivity index (χ4v) is 5.22. The number of halogens is 3. The maximum atomic E-state index is 13.1. The lowest BCUT2D eigenvalue weighted by atomic mass is 10.0. The Hall–Kier alpha value is -3.44. The number of anilines is 2. The van der Waals surface area contributed by atoms with Crippen LogP contribution in [0.4, 0.5) is 24.3 Å². The summed E-state index contributed by atoms with van der Waals surface area (Å²) in [6.45, 7) is 4.75. The van der Waals surface area contributed by atoms with E-state index in [9.17, 15) is 13.2 Å².